The lowest BCUT2D eigenvalue weighted by molar-refractivity contribution is -0.149. The molecule has 3 nitrogen and oxygen atoms in total. The largest absolute Gasteiger partial charge is 0.465 e. The lowest BCUT2D eigenvalue weighted by Crippen LogP contribution is -2.38. The van der Waals surface area contributed by atoms with Gasteiger partial charge in [-0.25, -0.2) is 0 Å². The molecule has 0 unspecified atom stereocenters. The Hall–Kier alpha value is -0.570. The lowest BCUT2D eigenvalue weighted by Gasteiger charge is -2.21. The second-order valence-electron chi connectivity index (χ2n) is 3.94. The Balaban J connectivity index is 2.21. The predicted molar refractivity (Wildman–Crippen MR) is 56.1 cm³/mol. The molecule has 1 aliphatic heterocycles. The molecular formula is C11H21NO2. The molecule has 0 aliphatic carbocycles. The topological polar surface area (TPSA) is 29.5 Å². The van der Waals surface area contributed by atoms with E-state index in [4.69, 9.17) is 4.74 Å². The summed E-state index contributed by atoms with van der Waals surface area (Å²) < 4.78 is 5.18. The molecule has 0 bridgehead atoms. The van der Waals surface area contributed by atoms with Gasteiger partial charge in [0.2, 0.25) is 0 Å². The zero-order chi connectivity index (χ0) is 10.4. The van der Waals surface area contributed by atoms with Gasteiger partial charge in [-0.3, -0.25) is 9.69 Å². The van der Waals surface area contributed by atoms with E-state index >= 15 is 0 Å². The maximum Gasteiger partial charge on any atom is 0.323 e. The van der Waals surface area contributed by atoms with Gasteiger partial charge in [-0.1, -0.05) is 13.3 Å². The van der Waals surface area contributed by atoms with E-state index in [0.29, 0.717) is 6.61 Å². The number of unbranched alkanes of at least 4 members (excludes halogenated alkanes) is 1. The number of carbonyl (C=O) groups is 1. The first-order valence-corrected chi connectivity index (χ1v) is 5.66. The van der Waals surface area contributed by atoms with Crippen LogP contribution < -0.4 is 0 Å². The second-order valence-corrected chi connectivity index (χ2v) is 3.94. The van der Waals surface area contributed by atoms with Gasteiger partial charge in [0.05, 0.1) is 6.61 Å². The summed E-state index contributed by atoms with van der Waals surface area (Å²) in [7, 11) is 0. The number of ether oxygens (including phenoxy) is 1. The van der Waals surface area contributed by atoms with Gasteiger partial charge in [-0.15, -0.1) is 0 Å². The van der Waals surface area contributed by atoms with Crippen molar-refractivity contribution in [2.24, 2.45) is 0 Å². The molecular weight excluding hydrogens is 178 g/mol. The summed E-state index contributed by atoms with van der Waals surface area (Å²) in [5.41, 5.74) is 0. The van der Waals surface area contributed by atoms with Crippen LogP contribution in [0.5, 0.6) is 0 Å². The van der Waals surface area contributed by atoms with Crippen molar-refractivity contribution < 1.29 is 9.53 Å². The number of esters is 1. The van der Waals surface area contributed by atoms with Crippen LogP contribution in [0.25, 0.3) is 0 Å². The summed E-state index contributed by atoms with van der Waals surface area (Å²) in [6, 6.07) is -0.0469. The maximum absolute atomic E-state index is 11.5. The molecule has 0 radical (unpaired) electrons. The van der Waals surface area contributed by atoms with E-state index in [9.17, 15) is 4.79 Å². The minimum absolute atomic E-state index is 0.0469. The quantitative estimate of drug-likeness (QED) is 0.499. The summed E-state index contributed by atoms with van der Waals surface area (Å²) in [5, 5.41) is 0. The highest BCUT2D eigenvalue weighted by Crippen LogP contribution is 2.12. The van der Waals surface area contributed by atoms with Crippen molar-refractivity contribution in [3.8, 4) is 0 Å². The third kappa shape index (κ3) is 3.29. The molecule has 0 aromatic heterocycles. The maximum atomic E-state index is 11.5. The molecule has 0 aromatic rings. The molecule has 1 saturated heterocycles. The first kappa shape index (κ1) is 11.5. The van der Waals surface area contributed by atoms with Crippen LogP contribution >= 0.6 is 0 Å². The van der Waals surface area contributed by atoms with Crippen LogP contribution in [0.3, 0.4) is 0 Å². The Kier molecular flexibility index (Phi) is 4.94. The van der Waals surface area contributed by atoms with Crippen molar-refractivity contribution in [1.29, 1.82) is 0 Å². The summed E-state index contributed by atoms with van der Waals surface area (Å²) >= 11 is 0. The molecule has 1 atom stereocenters. The summed E-state index contributed by atoms with van der Waals surface area (Å²) in [4.78, 5) is 13.7. The molecule has 0 amide bonds. The molecule has 1 fully saturated rings. The van der Waals surface area contributed by atoms with Gasteiger partial charge in [0.25, 0.3) is 0 Å². The molecule has 82 valence electrons. The van der Waals surface area contributed by atoms with E-state index in [0.717, 1.165) is 25.9 Å². The summed E-state index contributed by atoms with van der Waals surface area (Å²) in [5.74, 6) is -0.0552. The second kappa shape index (κ2) is 6.02. The van der Waals surface area contributed by atoms with Gasteiger partial charge in [-0.05, 0) is 39.3 Å². The Morgan fingerprint density at radius 2 is 2.07 bits per heavy atom. The molecule has 1 heterocycles. The van der Waals surface area contributed by atoms with Crippen molar-refractivity contribution >= 4 is 5.97 Å². The van der Waals surface area contributed by atoms with E-state index < -0.39 is 0 Å². The number of hydrogen-bond donors (Lipinski definition) is 0. The van der Waals surface area contributed by atoms with Crippen LogP contribution in [-0.4, -0.2) is 36.6 Å². The molecule has 0 N–H and O–H groups in total. The number of hydrogen-bond acceptors (Lipinski definition) is 3. The van der Waals surface area contributed by atoms with Crippen LogP contribution in [0.1, 0.15) is 39.5 Å². The van der Waals surface area contributed by atoms with Gasteiger partial charge in [0.1, 0.15) is 6.04 Å². The Bertz CT molecular complexity index is 176. The first-order valence-electron chi connectivity index (χ1n) is 5.66. The predicted octanol–water partition coefficient (Wildman–Crippen LogP) is 1.81. The molecule has 3 heteroatoms. The van der Waals surface area contributed by atoms with E-state index in [1.807, 2.05) is 6.92 Å². The highest BCUT2D eigenvalue weighted by molar-refractivity contribution is 5.75. The fourth-order valence-corrected chi connectivity index (χ4v) is 1.72. The average molecular weight is 199 g/mol. The Morgan fingerprint density at radius 1 is 1.43 bits per heavy atom. The normalized spacial score (nSPS) is 19.6. The number of likely N-dealkylation sites (tertiary alicyclic amines) is 1. The van der Waals surface area contributed by atoms with Crippen LogP contribution in [0.2, 0.25) is 0 Å². The minimum Gasteiger partial charge on any atom is -0.465 e. The van der Waals surface area contributed by atoms with Crippen molar-refractivity contribution in [3.05, 3.63) is 0 Å². The molecule has 14 heavy (non-hydrogen) atoms. The average Bonchev–Trinajstić information content (AvgIpc) is 2.69. The van der Waals surface area contributed by atoms with E-state index in [-0.39, 0.29) is 12.0 Å². The molecule has 0 aromatic carbocycles. The smallest absolute Gasteiger partial charge is 0.323 e. The first-order chi connectivity index (χ1) is 6.75. The van der Waals surface area contributed by atoms with Gasteiger partial charge < -0.3 is 4.74 Å². The summed E-state index contributed by atoms with van der Waals surface area (Å²) in [6.07, 6.45) is 4.48. The third-order valence-corrected chi connectivity index (χ3v) is 2.77. The SMILES string of the molecule is CCCCOC(=O)[C@H](C)N1CCCC1. The van der Waals surface area contributed by atoms with Gasteiger partial charge >= 0.3 is 5.97 Å². The van der Waals surface area contributed by atoms with Crippen molar-refractivity contribution in [1.82, 2.24) is 4.90 Å². The fraction of sp³-hybridized carbons (Fsp3) is 0.909. The van der Waals surface area contributed by atoms with Crippen LogP contribution in [0.15, 0.2) is 0 Å². The van der Waals surface area contributed by atoms with E-state index in [1.165, 1.54) is 12.8 Å². The lowest BCUT2D eigenvalue weighted by atomic mass is 10.3. The number of rotatable bonds is 5. The van der Waals surface area contributed by atoms with Crippen LogP contribution in [0.4, 0.5) is 0 Å². The molecule has 1 aliphatic rings. The fourth-order valence-electron chi connectivity index (χ4n) is 1.72. The summed E-state index contributed by atoms with van der Waals surface area (Å²) in [6.45, 7) is 6.71. The van der Waals surface area contributed by atoms with Crippen LogP contribution in [0, 0.1) is 0 Å². The number of carbonyl (C=O) groups excluding carboxylic acids is 1. The molecule has 1 rings (SSSR count). The highest BCUT2D eigenvalue weighted by atomic mass is 16.5. The number of nitrogens with zero attached hydrogens (tertiary/aromatic N) is 1. The monoisotopic (exact) mass is 199 g/mol. The zero-order valence-corrected chi connectivity index (χ0v) is 9.29. The zero-order valence-electron chi connectivity index (χ0n) is 9.29. The van der Waals surface area contributed by atoms with Gasteiger partial charge in [-0.2, -0.15) is 0 Å². The van der Waals surface area contributed by atoms with Crippen molar-refractivity contribution in [2.75, 3.05) is 19.7 Å². The Labute approximate surface area is 86.4 Å². The van der Waals surface area contributed by atoms with Gasteiger partial charge in [0.15, 0.2) is 0 Å². The van der Waals surface area contributed by atoms with Crippen molar-refractivity contribution in [2.45, 2.75) is 45.6 Å². The molecule has 0 saturated carbocycles. The molecule has 0 spiro atoms. The van der Waals surface area contributed by atoms with Gasteiger partial charge in [0, 0.05) is 0 Å². The van der Waals surface area contributed by atoms with Crippen LogP contribution in [-0.2, 0) is 9.53 Å². The van der Waals surface area contributed by atoms with Crippen molar-refractivity contribution in [3.63, 3.8) is 0 Å². The third-order valence-electron chi connectivity index (χ3n) is 2.77. The standard InChI is InChI=1S/C11H21NO2/c1-3-4-9-14-11(13)10(2)12-7-5-6-8-12/h10H,3-9H2,1-2H3/t10-/m0/s1. The van der Waals surface area contributed by atoms with E-state index in [1.54, 1.807) is 0 Å². The minimum atomic E-state index is -0.0552. The Morgan fingerprint density at radius 3 is 2.64 bits per heavy atom. The highest BCUT2D eigenvalue weighted by Gasteiger charge is 2.24. The van der Waals surface area contributed by atoms with E-state index in [2.05, 4.69) is 11.8 Å².